The van der Waals surface area contributed by atoms with E-state index in [-0.39, 0.29) is 11.5 Å². The number of pyridine rings is 1. The molecule has 0 aliphatic rings. The molecule has 0 aliphatic carbocycles. The van der Waals surface area contributed by atoms with Crippen LogP contribution in [-0.4, -0.2) is 19.3 Å². The van der Waals surface area contributed by atoms with Gasteiger partial charge in [0.15, 0.2) is 4.34 Å². The van der Waals surface area contributed by atoms with Crippen LogP contribution >= 0.6 is 23.3 Å². The molecule has 18 heavy (non-hydrogen) atoms. The Labute approximate surface area is 110 Å². The Morgan fingerprint density at radius 2 is 2.28 bits per heavy atom. The van der Waals surface area contributed by atoms with Gasteiger partial charge in [-0.3, -0.25) is 10.1 Å². The Morgan fingerprint density at radius 3 is 2.83 bits per heavy atom. The third-order valence-corrected chi connectivity index (χ3v) is 3.61. The lowest BCUT2D eigenvalue weighted by molar-refractivity contribution is -0.385. The molecule has 0 saturated heterocycles. The van der Waals surface area contributed by atoms with Crippen molar-refractivity contribution in [3.63, 3.8) is 0 Å². The lowest BCUT2D eigenvalue weighted by atomic mass is 10.4. The highest BCUT2D eigenvalue weighted by Crippen LogP contribution is 2.30. The molecule has 0 fully saturated rings. The largest absolute Gasteiger partial charge is 0.308 e. The summed E-state index contributed by atoms with van der Waals surface area (Å²) in [6, 6.07) is 2.62. The second-order valence-corrected chi connectivity index (χ2v) is 5.18. The lowest BCUT2D eigenvalue weighted by Gasteiger charge is -2.02. The highest BCUT2D eigenvalue weighted by molar-refractivity contribution is 8.00. The van der Waals surface area contributed by atoms with Crippen molar-refractivity contribution in [1.82, 2.24) is 14.3 Å². The maximum Gasteiger partial charge on any atom is 0.275 e. The van der Waals surface area contributed by atoms with Crippen LogP contribution in [0.1, 0.15) is 5.82 Å². The zero-order valence-corrected chi connectivity index (χ0v) is 10.8. The number of rotatable bonds is 4. The summed E-state index contributed by atoms with van der Waals surface area (Å²) in [6.45, 7) is 1.77. The van der Waals surface area contributed by atoms with E-state index in [9.17, 15) is 10.1 Å². The maximum absolute atomic E-state index is 10.8. The fourth-order valence-corrected chi connectivity index (χ4v) is 2.75. The molecule has 94 valence electrons. The molecule has 0 saturated carbocycles. The summed E-state index contributed by atoms with van der Waals surface area (Å²) in [5.41, 5.74) is 2.21. The number of aromatic nitrogens is 3. The molecule has 3 N–H and O–H groups in total. The second kappa shape index (κ2) is 5.25. The number of aryl methyl sites for hydroxylation is 1. The number of hydrogen-bond donors (Lipinski definition) is 2. The van der Waals surface area contributed by atoms with Gasteiger partial charge >= 0.3 is 0 Å². The topological polar surface area (TPSA) is 120 Å². The third-order valence-electron chi connectivity index (χ3n) is 1.85. The van der Waals surface area contributed by atoms with Crippen molar-refractivity contribution in [2.24, 2.45) is 5.84 Å². The molecule has 0 spiro atoms. The number of hydrazine groups is 1. The Hall–Kier alpha value is -1.78. The maximum atomic E-state index is 10.8. The predicted molar refractivity (Wildman–Crippen MR) is 67.5 cm³/mol. The highest BCUT2D eigenvalue weighted by atomic mass is 32.2. The van der Waals surface area contributed by atoms with Gasteiger partial charge in [0.1, 0.15) is 16.7 Å². The van der Waals surface area contributed by atoms with Crippen molar-refractivity contribution in [3.8, 4) is 0 Å². The number of anilines is 1. The molecule has 2 aromatic heterocycles. The first kappa shape index (κ1) is 12.7. The van der Waals surface area contributed by atoms with Crippen LogP contribution < -0.4 is 11.3 Å². The molecule has 0 radical (unpaired) electrons. The van der Waals surface area contributed by atoms with Gasteiger partial charge in [-0.15, -0.1) is 0 Å². The second-order valence-electron chi connectivity index (χ2n) is 3.16. The number of nitro groups is 1. The van der Waals surface area contributed by atoms with Gasteiger partial charge in [-0.1, -0.05) is 0 Å². The summed E-state index contributed by atoms with van der Waals surface area (Å²) in [6.07, 6.45) is 0. The molecule has 2 heterocycles. The van der Waals surface area contributed by atoms with Crippen LogP contribution in [0.4, 0.5) is 11.5 Å². The molecule has 2 rings (SSSR count). The minimum absolute atomic E-state index is 0.0818. The van der Waals surface area contributed by atoms with Crippen LogP contribution in [0.25, 0.3) is 0 Å². The van der Waals surface area contributed by atoms with Crippen molar-refractivity contribution in [2.75, 3.05) is 5.43 Å². The van der Waals surface area contributed by atoms with Gasteiger partial charge in [-0.05, 0) is 30.2 Å². The molecule has 0 unspecified atom stereocenters. The van der Waals surface area contributed by atoms with E-state index in [0.717, 1.165) is 0 Å². The molecule has 0 bridgehead atoms. The summed E-state index contributed by atoms with van der Waals surface area (Å²) in [4.78, 5) is 18.5. The van der Waals surface area contributed by atoms with Crippen LogP contribution in [0.5, 0.6) is 0 Å². The van der Waals surface area contributed by atoms with E-state index in [2.05, 4.69) is 19.8 Å². The fraction of sp³-hybridized carbons (Fsp3) is 0.125. The highest BCUT2D eigenvalue weighted by Gasteiger charge is 2.13. The smallest absolute Gasteiger partial charge is 0.275 e. The van der Waals surface area contributed by atoms with Gasteiger partial charge in [-0.25, -0.2) is 15.8 Å². The number of nitrogens with one attached hydrogen (secondary N) is 1. The van der Waals surface area contributed by atoms with Crippen molar-refractivity contribution >= 4 is 34.8 Å². The number of nitrogens with zero attached hydrogens (tertiary/aromatic N) is 4. The zero-order valence-electron chi connectivity index (χ0n) is 9.15. The molecule has 8 nitrogen and oxygen atoms in total. The summed E-state index contributed by atoms with van der Waals surface area (Å²) in [5.74, 6) is 6.10. The number of nitrogen functional groups attached to an aromatic ring is 1. The van der Waals surface area contributed by atoms with E-state index in [1.807, 2.05) is 0 Å². The van der Waals surface area contributed by atoms with Crippen molar-refractivity contribution in [3.05, 3.63) is 28.1 Å². The first-order valence-corrected chi connectivity index (χ1v) is 6.29. The SMILES string of the molecule is Cc1nsc(Sc2cc([N+](=O)[O-])cc(NN)n2)n1. The lowest BCUT2D eigenvalue weighted by Crippen LogP contribution is -2.09. The van der Waals surface area contributed by atoms with Crippen molar-refractivity contribution in [1.29, 1.82) is 0 Å². The molecular formula is C8H8N6O2S2. The zero-order chi connectivity index (χ0) is 13.1. The van der Waals surface area contributed by atoms with Gasteiger partial charge in [0, 0.05) is 6.07 Å². The van der Waals surface area contributed by atoms with Crippen molar-refractivity contribution < 1.29 is 4.92 Å². The summed E-state index contributed by atoms with van der Waals surface area (Å²) < 4.78 is 4.69. The average Bonchev–Trinajstić information content (AvgIpc) is 2.74. The molecule has 0 aliphatic heterocycles. The van der Waals surface area contributed by atoms with Gasteiger partial charge in [0.05, 0.1) is 11.0 Å². The first-order valence-electron chi connectivity index (χ1n) is 4.70. The van der Waals surface area contributed by atoms with Gasteiger partial charge in [-0.2, -0.15) is 4.37 Å². The monoisotopic (exact) mass is 284 g/mol. The van der Waals surface area contributed by atoms with E-state index in [4.69, 9.17) is 5.84 Å². The minimum Gasteiger partial charge on any atom is -0.308 e. The molecule has 0 aromatic carbocycles. The van der Waals surface area contributed by atoms with Gasteiger partial charge in [0.25, 0.3) is 5.69 Å². The molecule has 10 heteroatoms. The summed E-state index contributed by atoms with van der Waals surface area (Å²) >= 11 is 2.42. The van der Waals surface area contributed by atoms with E-state index in [0.29, 0.717) is 15.2 Å². The summed E-state index contributed by atoms with van der Waals surface area (Å²) in [5, 5.41) is 11.2. The Kier molecular flexibility index (Phi) is 3.69. The fourth-order valence-electron chi connectivity index (χ4n) is 1.13. The first-order chi connectivity index (χ1) is 8.58. The Morgan fingerprint density at radius 1 is 1.50 bits per heavy atom. The van der Waals surface area contributed by atoms with E-state index in [1.165, 1.54) is 35.4 Å². The predicted octanol–water partition coefficient (Wildman–Crippen LogP) is 1.59. The van der Waals surface area contributed by atoms with E-state index in [1.54, 1.807) is 6.92 Å². The standard InChI is InChI=1S/C8H8N6O2S2/c1-4-10-8(18-13-4)17-7-3-5(14(15)16)2-6(11-7)12-9/h2-3H,9H2,1H3,(H,11,12). The third kappa shape index (κ3) is 2.91. The van der Waals surface area contributed by atoms with Crippen LogP contribution in [0.15, 0.2) is 21.5 Å². The molecule has 0 amide bonds. The molecular weight excluding hydrogens is 276 g/mol. The van der Waals surface area contributed by atoms with Crippen LogP contribution in [0.2, 0.25) is 0 Å². The molecule has 2 aromatic rings. The number of hydrogen-bond acceptors (Lipinski definition) is 9. The summed E-state index contributed by atoms with van der Waals surface area (Å²) in [7, 11) is 0. The van der Waals surface area contributed by atoms with Gasteiger partial charge < -0.3 is 5.43 Å². The van der Waals surface area contributed by atoms with E-state index < -0.39 is 4.92 Å². The van der Waals surface area contributed by atoms with Crippen LogP contribution in [-0.2, 0) is 0 Å². The van der Waals surface area contributed by atoms with Gasteiger partial charge in [0.2, 0.25) is 0 Å². The number of nitrogens with two attached hydrogens (primary N) is 1. The van der Waals surface area contributed by atoms with Crippen molar-refractivity contribution in [2.45, 2.75) is 16.3 Å². The van der Waals surface area contributed by atoms with Crippen LogP contribution in [0.3, 0.4) is 0 Å². The van der Waals surface area contributed by atoms with Crippen LogP contribution in [0, 0.1) is 17.0 Å². The Bertz CT molecular complexity index is 587. The average molecular weight is 284 g/mol. The Balaban J connectivity index is 2.32. The van der Waals surface area contributed by atoms with E-state index >= 15 is 0 Å². The normalized spacial score (nSPS) is 10.3. The minimum atomic E-state index is -0.502. The molecule has 0 atom stereocenters. The quantitative estimate of drug-likeness (QED) is 0.493.